The van der Waals surface area contributed by atoms with Crippen LogP contribution >= 0.6 is 0 Å². The minimum atomic E-state index is -0.748. The van der Waals surface area contributed by atoms with E-state index in [9.17, 15) is 9.59 Å². The molecular weight excluding hydrogens is 452 g/mol. The molecule has 6 nitrogen and oxygen atoms in total. The Bertz CT molecular complexity index is 1100. The van der Waals surface area contributed by atoms with Crippen LogP contribution in [0, 0.1) is 0 Å². The highest BCUT2D eigenvalue weighted by molar-refractivity contribution is 5.75. The summed E-state index contributed by atoms with van der Waals surface area (Å²) < 4.78 is 13.6. The molecule has 3 aromatic rings. The number of carbonyl (C=O) groups is 1. The number of nitrogens with two attached hydrogens (primary N) is 1. The molecule has 3 rings (SSSR count). The van der Waals surface area contributed by atoms with Crippen LogP contribution in [0.3, 0.4) is 0 Å². The number of hydrogen-bond acceptors (Lipinski definition) is 5. The number of carbonyl (C=O) groups excluding carboxylic acids is 1. The fourth-order valence-electron chi connectivity index (χ4n) is 4.18. The summed E-state index contributed by atoms with van der Waals surface area (Å²) in [5, 5.41) is 0. The standard InChI is InChI=1S/C30H38N2O4/c1-2-11-28(35-22-25-14-7-4-8-15-25)16-9-10-18-32-19-17-27(33)21-26(32)23-36-30(34)29(31)20-24-12-5-3-6-13-24/h3-8,12-15,17,19,21,28-29H,2,9-11,16,18,20,22-23,31H2,1H3/t28-,29-/m0/s1. The molecule has 0 unspecified atom stereocenters. The van der Waals surface area contributed by atoms with E-state index in [1.807, 2.05) is 53.1 Å². The molecule has 0 radical (unpaired) electrons. The van der Waals surface area contributed by atoms with Crippen molar-refractivity contribution in [3.05, 3.63) is 106 Å². The molecule has 0 bridgehead atoms. The Kier molecular flexibility index (Phi) is 11.4. The molecule has 0 saturated heterocycles. The summed E-state index contributed by atoms with van der Waals surface area (Å²) in [5.41, 5.74) is 8.77. The number of hydrogen-bond donors (Lipinski definition) is 1. The van der Waals surface area contributed by atoms with Gasteiger partial charge in [0.05, 0.1) is 18.4 Å². The quantitative estimate of drug-likeness (QED) is 0.239. The maximum absolute atomic E-state index is 12.4. The van der Waals surface area contributed by atoms with Crippen LogP contribution < -0.4 is 11.2 Å². The summed E-state index contributed by atoms with van der Waals surface area (Å²) in [4.78, 5) is 24.4. The van der Waals surface area contributed by atoms with Gasteiger partial charge in [-0.05, 0) is 43.2 Å². The van der Waals surface area contributed by atoms with Gasteiger partial charge in [0.15, 0.2) is 5.43 Å². The van der Waals surface area contributed by atoms with Crippen molar-refractivity contribution in [2.24, 2.45) is 5.73 Å². The van der Waals surface area contributed by atoms with Gasteiger partial charge in [-0.1, -0.05) is 74.0 Å². The molecule has 2 aromatic carbocycles. The Morgan fingerprint density at radius 3 is 2.31 bits per heavy atom. The lowest BCUT2D eigenvalue weighted by Gasteiger charge is -2.18. The molecule has 0 spiro atoms. The zero-order valence-corrected chi connectivity index (χ0v) is 21.2. The van der Waals surface area contributed by atoms with Gasteiger partial charge in [0, 0.05) is 24.9 Å². The molecule has 192 valence electrons. The number of benzene rings is 2. The lowest BCUT2D eigenvalue weighted by atomic mass is 10.1. The molecule has 0 fully saturated rings. The number of esters is 1. The molecule has 2 atom stereocenters. The summed E-state index contributed by atoms with van der Waals surface area (Å²) in [6.07, 6.45) is 7.46. The molecule has 6 heteroatoms. The molecule has 0 aliphatic heterocycles. The minimum absolute atomic E-state index is 0.0239. The first-order valence-corrected chi connectivity index (χ1v) is 12.9. The Balaban J connectivity index is 1.46. The Labute approximate surface area is 214 Å². The molecular formula is C30H38N2O4. The Morgan fingerprint density at radius 1 is 0.917 bits per heavy atom. The first-order chi connectivity index (χ1) is 17.5. The van der Waals surface area contributed by atoms with E-state index < -0.39 is 12.0 Å². The third kappa shape index (κ3) is 9.44. The van der Waals surface area contributed by atoms with Crippen molar-refractivity contribution in [1.82, 2.24) is 4.57 Å². The van der Waals surface area contributed by atoms with Gasteiger partial charge in [-0.3, -0.25) is 9.59 Å². The second-order valence-corrected chi connectivity index (χ2v) is 9.15. The fourth-order valence-corrected chi connectivity index (χ4v) is 4.18. The molecule has 0 aliphatic rings. The predicted molar refractivity (Wildman–Crippen MR) is 142 cm³/mol. The SMILES string of the molecule is CCC[C@@H](CCCCn1ccc(=O)cc1COC(=O)[C@@H](N)Cc1ccccc1)OCc1ccccc1. The molecule has 1 aromatic heterocycles. The van der Waals surface area contributed by atoms with Crippen molar-refractivity contribution >= 4 is 5.97 Å². The predicted octanol–water partition coefficient (Wildman–Crippen LogP) is 5.02. The number of ether oxygens (including phenoxy) is 2. The van der Waals surface area contributed by atoms with Gasteiger partial charge in [0.2, 0.25) is 0 Å². The molecule has 2 N–H and O–H groups in total. The average Bonchev–Trinajstić information content (AvgIpc) is 2.90. The van der Waals surface area contributed by atoms with E-state index in [0.717, 1.165) is 44.2 Å². The lowest BCUT2D eigenvalue weighted by molar-refractivity contribution is -0.146. The molecule has 36 heavy (non-hydrogen) atoms. The van der Waals surface area contributed by atoms with Gasteiger partial charge >= 0.3 is 5.97 Å². The van der Waals surface area contributed by atoms with Crippen LogP contribution in [0.25, 0.3) is 0 Å². The number of aryl methyl sites for hydroxylation is 1. The highest BCUT2D eigenvalue weighted by Crippen LogP contribution is 2.15. The van der Waals surface area contributed by atoms with Gasteiger partial charge in [-0.2, -0.15) is 0 Å². The van der Waals surface area contributed by atoms with Crippen LogP contribution in [-0.4, -0.2) is 22.7 Å². The third-order valence-corrected chi connectivity index (χ3v) is 6.17. The van der Waals surface area contributed by atoms with Gasteiger partial charge in [0.1, 0.15) is 12.6 Å². The maximum Gasteiger partial charge on any atom is 0.323 e. The van der Waals surface area contributed by atoms with Gasteiger partial charge in [-0.25, -0.2) is 0 Å². The fraction of sp³-hybridized carbons (Fsp3) is 0.400. The molecule has 0 saturated carbocycles. The van der Waals surface area contributed by atoms with Crippen molar-refractivity contribution in [2.75, 3.05) is 0 Å². The van der Waals surface area contributed by atoms with Crippen molar-refractivity contribution in [3.63, 3.8) is 0 Å². The van der Waals surface area contributed by atoms with E-state index >= 15 is 0 Å². The number of nitrogens with zero attached hydrogens (tertiary/aromatic N) is 1. The zero-order chi connectivity index (χ0) is 25.6. The second-order valence-electron chi connectivity index (χ2n) is 9.15. The average molecular weight is 491 g/mol. The van der Waals surface area contributed by atoms with Crippen LogP contribution in [0.15, 0.2) is 83.8 Å². The number of unbranched alkanes of at least 4 members (excludes halogenated alkanes) is 1. The summed E-state index contributed by atoms with van der Waals surface area (Å²) in [6.45, 7) is 3.57. The van der Waals surface area contributed by atoms with Crippen molar-refractivity contribution in [3.8, 4) is 0 Å². The van der Waals surface area contributed by atoms with E-state index in [1.54, 1.807) is 6.20 Å². The topological polar surface area (TPSA) is 83.5 Å². The van der Waals surface area contributed by atoms with E-state index in [-0.39, 0.29) is 18.1 Å². The first kappa shape index (κ1) is 27.4. The maximum atomic E-state index is 12.4. The molecule has 0 aliphatic carbocycles. The van der Waals surface area contributed by atoms with Crippen LogP contribution in [0.1, 0.15) is 55.8 Å². The van der Waals surface area contributed by atoms with E-state index in [1.165, 1.54) is 17.7 Å². The Morgan fingerprint density at radius 2 is 1.61 bits per heavy atom. The smallest absolute Gasteiger partial charge is 0.323 e. The van der Waals surface area contributed by atoms with E-state index in [2.05, 4.69) is 19.1 Å². The zero-order valence-electron chi connectivity index (χ0n) is 21.2. The Hall–Kier alpha value is -3.22. The van der Waals surface area contributed by atoms with Crippen molar-refractivity contribution in [2.45, 2.75) is 77.4 Å². The van der Waals surface area contributed by atoms with E-state index in [4.69, 9.17) is 15.2 Å². The van der Waals surface area contributed by atoms with Crippen LogP contribution in [0.4, 0.5) is 0 Å². The summed E-state index contributed by atoms with van der Waals surface area (Å²) in [6, 6.07) is 22.2. The number of rotatable bonds is 15. The normalized spacial score (nSPS) is 12.7. The largest absolute Gasteiger partial charge is 0.458 e. The highest BCUT2D eigenvalue weighted by Gasteiger charge is 2.16. The molecule has 0 amide bonds. The monoisotopic (exact) mass is 490 g/mol. The number of pyridine rings is 1. The van der Waals surface area contributed by atoms with Crippen LogP contribution in [0.2, 0.25) is 0 Å². The minimum Gasteiger partial charge on any atom is -0.458 e. The lowest BCUT2D eigenvalue weighted by Crippen LogP contribution is -2.34. The number of aromatic nitrogens is 1. The van der Waals surface area contributed by atoms with Crippen LogP contribution in [-0.2, 0) is 40.4 Å². The van der Waals surface area contributed by atoms with Crippen LogP contribution in [0.5, 0.6) is 0 Å². The summed E-state index contributed by atoms with van der Waals surface area (Å²) in [5.74, 6) is -0.473. The van der Waals surface area contributed by atoms with Crippen molar-refractivity contribution < 1.29 is 14.3 Å². The second kappa shape index (κ2) is 15.0. The van der Waals surface area contributed by atoms with Gasteiger partial charge in [0.25, 0.3) is 0 Å². The summed E-state index contributed by atoms with van der Waals surface area (Å²) >= 11 is 0. The van der Waals surface area contributed by atoms with Gasteiger partial charge < -0.3 is 19.8 Å². The third-order valence-electron chi connectivity index (χ3n) is 6.17. The first-order valence-electron chi connectivity index (χ1n) is 12.9. The van der Waals surface area contributed by atoms with Gasteiger partial charge in [-0.15, -0.1) is 0 Å². The highest BCUT2D eigenvalue weighted by atomic mass is 16.5. The summed E-state index contributed by atoms with van der Waals surface area (Å²) in [7, 11) is 0. The molecule has 1 heterocycles. The van der Waals surface area contributed by atoms with Crippen molar-refractivity contribution in [1.29, 1.82) is 0 Å². The van der Waals surface area contributed by atoms with E-state index in [0.29, 0.717) is 18.7 Å².